The summed E-state index contributed by atoms with van der Waals surface area (Å²) >= 11 is 7.97. The van der Waals surface area contributed by atoms with E-state index < -0.39 is 0 Å². The number of hydrogen-bond donors (Lipinski definition) is 1. The quantitative estimate of drug-likeness (QED) is 0.859. The Kier molecular flexibility index (Phi) is 3.16. The summed E-state index contributed by atoms with van der Waals surface area (Å²) in [6.07, 6.45) is 1.76. The van der Waals surface area contributed by atoms with Gasteiger partial charge in [-0.15, -0.1) is 0 Å². The van der Waals surface area contributed by atoms with Crippen LogP contribution in [-0.4, -0.2) is 9.78 Å². The van der Waals surface area contributed by atoms with E-state index in [0.717, 1.165) is 14.2 Å². The number of benzene rings is 1. The third-order valence-corrected chi connectivity index (χ3v) is 3.16. The van der Waals surface area contributed by atoms with Gasteiger partial charge in [0.15, 0.2) is 0 Å². The van der Waals surface area contributed by atoms with Crippen LogP contribution in [0, 0.1) is 3.57 Å². The van der Waals surface area contributed by atoms with Crippen LogP contribution in [0.4, 0.5) is 5.82 Å². The van der Waals surface area contributed by atoms with Gasteiger partial charge in [-0.2, -0.15) is 5.10 Å². The molecule has 0 atom stereocenters. The molecule has 5 heteroatoms. The van der Waals surface area contributed by atoms with Crippen molar-refractivity contribution in [3.63, 3.8) is 0 Å². The smallest absolute Gasteiger partial charge is 0.135 e. The summed E-state index contributed by atoms with van der Waals surface area (Å²) in [7, 11) is 0. The van der Waals surface area contributed by atoms with Gasteiger partial charge in [0.25, 0.3) is 0 Å². The van der Waals surface area contributed by atoms with Crippen molar-refractivity contribution in [2.45, 2.75) is 6.54 Å². The topological polar surface area (TPSA) is 43.8 Å². The maximum Gasteiger partial charge on any atom is 0.135 e. The summed E-state index contributed by atoms with van der Waals surface area (Å²) in [6, 6.07) is 7.66. The number of hydrogen-bond acceptors (Lipinski definition) is 2. The largest absolute Gasteiger partial charge is 0.383 e. The fourth-order valence-electron chi connectivity index (χ4n) is 1.26. The van der Waals surface area contributed by atoms with Crippen molar-refractivity contribution < 1.29 is 0 Å². The molecule has 2 N–H and O–H groups in total. The molecule has 1 aromatic heterocycles. The molecule has 15 heavy (non-hydrogen) atoms. The van der Waals surface area contributed by atoms with Crippen molar-refractivity contribution in [2.75, 3.05) is 5.73 Å². The predicted octanol–water partition coefficient (Wildman–Crippen LogP) is 2.77. The molecule has 0 unspecified atom stereocenters. The summed E-state index contributed by atoms with van der Waals surface area (Å²) < 4.78 is 2.74. The molecule has 0 bridgehead atoms. The number of nitrogens with two attached hydrogens (primary N) is 1. The van der Waals surface area contributed by atoms with E-state index in [1.54, 1.807) is 10.9 Å². The fourth-order valence-corrected chi connectivity index (χ4v) is 1.79. The van der Waals surface area contributed by atoms with Crippen LogP contribution in [0.1, 0.15) is 5.56 Å². The third-order valence-electron chi connectivity index (χ3n) is 2.08. The highest BCUT2D eigenvalue weighted by Crippen LogP contribution is 2.16. The molecular formula is C10H9ClIN3. The Labute approximate surface area is 106 Å². The van der Waals surface area contributed by atoms with E-state index in [2.05, 4.69) is 27.7 Å². The van der Waals surface area contributed by atoms with Crippen molar-refractivity contribution in [1.82, 2.24) is 9.78 Å². The molecule has 0 aliphatic heterocycles. The second-order valence-electron chi connectivity index (χ2n) is 3.16. The Morgan fingerprint density at radius 2 is 2.00 bits per heavy atom. The standard InChI is InChI=1S/C10H9ClIN3/c11-8-3-1-7(2-4-8)6-15-10(13)9(12)5-14-15/h1-5H,6,13H2. The molecule has 0 saturated heterocycles. The van der Waals surface area contributed by atoms with Crippen molar-refractivity contribution in [3.05, 3.63) is 44.6 Å². The first-order chi connectivity index (χ1) is 7.16. The zero-order valence-corrected chi connectivity index (χ0v) is 10.7. The molecule has 0 saturated carbocycles. The minimum atomic E-state index is 0.673. The maximum atomic E-state index is 5.85. The minimum Gasteiger partial charge on any atom is -0.383 e. The molecule has 2 rings (SSSR count). The lowest BCUT2D eigenvalue weighted by Crippen LogP contribution is -2.06. The van der Waals surface area contributed by atoms with Crippen molar-refractivity contribution in [2.24, 2.45) is 0 Å². The number of anilines is 1. The summed E-state index contributed by atoms with van der Waals surface area (Å²) in [6.45, 7) is 0.673. The van der Waals surface area contributed by atoms with Crippen molar-refractivity contribution >= 4 is 40.0 Å². The van der Waals surface area contributed by atoms with Gasteiger partial charge < -0.3 is 5.73 Å². The molecule has 3 nitrogen and oxygen atoms in total. The van der Waals surface area contributed by atoms with Crippen molar-refractivity contribution in [3.8, 4) is 0 Å². The first kappa shape index (κ1) is 10.8. The molecule has 2 aromatic rings. The van der Waals surface area contributed by atoms with E-state index in [1.165, 1.54) is 0 Å². The molecule has 0 aliphatic carbocycles. The predicted molar refractivity (Wildman–Crippen MR) is 69.9 cm³/mol. The van der Waals surface area contributed by atoms with E-state index >= 15 is 0 Å². The number of nitrogen functional groups attached to an aromatic ring is 1. The van der Waals surface area contributed by atoms with Crippen LogP contribution < -0.4 is 5.73 Å². The van der Waals surface area contributed by atoms with Crippen molar-refractivity contribution in [1.29, 1.82) is 0 Å². The lowest BCUT2D eigenvalue weighted by Gasteiger charge is -2.04. The van der Waals surface area contributed by atoms with Crippen LogP contribution in [-0.2, 0) is 6.54 Å². The van der Waals surface area contributed by atoms with Gasteiger partial charge in [0, 0.05) is 5.02 Å². The van der Waals surface area contributed by atoms with Gasteiger partial charge in [-0.1, -0.05) is 23.7 Å². The minimum absolute atomic E-state index is 0.673. The first-order valence-corrected chi connectivity index (χ1v) is 5.83. The van der Waals surface area contributed by atoms with E-state index in [0.29, 0.717) is 12.4 Å². The van der Waals surface area contributed by atoms with Gasteiger partial charge >= 0.3 is 0 Å². The Hall–Kier alpha value is -0.750. The average Bonchev–Trinajstić information content (AvgIpc) is 2.53. The molecular weight excluding hydrogens is 324 g/mol. The van der Waals surface area contributed by atoms with Gasteiger partial charge in [0.2, 0.25) is 0 Å². The van der Waals surface area contributed by atoms with Gasteiger partial charge in [0.1, 0.15) is 5.82 Å². The maximum absolute atomic E-state index is 5.85. The molecule has 1 heterocycles. The highest BCUT2D eigenvalue weighted by molar-refractivity contribution is 14.1. The summed E-state index contributed by atoms with van der Waals surface area (Å²) in [5.41, 5.74) is 6.98. The third kappa shape index (κ3) is 2.43. The molecule has 0 radical (unpaired) electrons. The number of rotatable bonds is 2. The SMILES string of the molecule is Nc1c(I)cnn1Cc1ccc(Cl)cc1. The summed E-state index contributed by atoms with van der Waals surface area (Å²) in [5, 5.41) is 4.92. The zero-order chi connectivity index (χ0) is 10.8. The van der Waals surface area contributed by atoms with E-state index in [4.69, 9.17) is 17.3 Å². The van der Waals surface area contributed by atoms with Crippen LogP contribution in [0.25, 0.3) is 0 Å². The van der Waals surface area contributed by atoms with Crippen LogP contribution in [0.2, 0.25) is 5.02 Å². The Bertz CT molecular complexity index is 464. The lowest BCUT2D eigenvalue weighted by atomic mass is 10.2. The number of aromatic nitrogens is 2. The molecule has 78 valence electrons. The molecule has 1 aromatic carbocycles. The van der Waals surface area contributed by atoms with Crippen LogP contribution in [0.15, 0.2) is 30.5 Å². The first-order valence-electron chi connectivity index (χ1n) is 4.38. The monoisotopic (exact) mass is 333 g/mol. The fraction of sp³-hybridized carbons (Fsp3) is 0.100. The average molecular weight is 334 g/mol. The molecule has 0 amide bonds. The Morgan fingerprint density at radius 1 is 1.33 bits per heavy atom. The normalized spacial score (nSPS) is 10.5. The Balaban J connectivity index is 2.22. The molecule has 0 aliphatic rings. The summed E-state index contributed by atoms with van der Waals surface area (Å²) in [4.78, 5) is 0. The van der Waals surface area contributed by atoms with Crippen LogP contribution in [0.3, 0.4) is 0 Å². The van der Waals surface area contributed by atoms with E-state index in [1.807, 2.05) is 24.3 Å². The molecule has 0 fully saturated rings. The van der Waals surface area contributed by atoms with Gasteiger partial charge in [-0.05, 0) is 40.3 Å². The number of halogens is 2. The highest BCUT2D eigenvalue weighted by atomic mass is 127. The molecule has 0 spiro atoms. The van der Waals surface area contributed by atoms with E-state index in [9.17, 15) is 0 Å². The second-order valence-corrected chi connectivity index (χ2v) is 4.76. The van der Waals surface area contributed by atoms with Gasteiger partial charge in [0.05, 0.1) is 16.3 Å². The number of nitrogens with zero attached hydrogens (tertiary/aromatic N) is 2. The van der Waals surface area contributed by atoms with E-state index in [-0.39, 0.29) is 0 Å². The van der Waals surface area contributed by atoms with Crippen LogP contribution >= 0.6 is 34.2 Å². The highest BCUT2D eigenvalue weighted by Gasteiger charge is 2.04. The van der Waals surface area contributed by atoms with Gasteiger partial charge in [-0.25, -0.2) is 4.68 Å². The lowest BCUT2D eigenvalue weighted by molar-refractivity contribution is 0.697. The second kappa shape index (κ2) is 4.40. The zero-order valence-electron chi connectivity index (χ0n) is 7.82. The Morgan fingerprint density at radius 3 is 2.53 bits per heavy atom. The summed E-state index contributed by atoms with van der Waals surface area (Å²) in [5.74, 6) is 0.700. The van der Waals surface area contributed by atoms with Crippen LogP contribution in [0.5, 0.6) is 0 Å². The van der Waals surface area contributed by atoms with Gasteiger partial charge in [-0.3, -0.25) is 0 Å².